The average molecular weight is 319 g/mol. The summed E-state index contributed by atoms with van der Waals surface area (Å²) < 4.78 is 10.1. The van der Waals surface area contributed by atoms with Crippen LogP contribution in [0.4, 0.5) is 0 Å². The summed E-state index contributed by atoms with van der Waals surface area (Å²) in [6.45, 7) is 3.08. The first-order valence-corrected chi connectivity index (χ1v) is 8.54. The van der Waals surface area contributed by atoms with Crippen LogP contribution in [0.2, 0.25) is 0 Å². The zero-order valence-corrected chi connectivity index (χ0v) is 14.6. The molecule has 1 N–H and O–H groups in total. The smallest absolute Gasteiger partial charge is 0.307 e. The van der Waals surface area contributed by atoms with Crippen molar-refractivity contribution in [2.45, 2.75) is 56.9 Å². The van der Waals surface area contributed by atoms with Gasteiger partial charge in [-0.25, -0.2) is 0 Å². The molecule has 1 unspecified atom stereocenters. The second kappa shape index (κ2) is 8.34. The van der Waals surface area contributed by atoms with Crippen LogP contribution in [0.1, 0.15) is 56.9 Å². The Kier molecular flexibility index (Phi) is 6.46. The highest BCUT2D eigenvalue weighted by molar-refractivity contribution is 5.70. The number of carbonyl (C=O) groups excluding carboxylic acids is 1. The zero-order valence-electron chi connectivity index (χ0n) is 14.6. The summed E-state index contributed by atoms with van der Waals surface area (Å²) in [4.78, 5) is 11.8. The lowest BCUT2D eigenvalue weighted by Gasteiger charge is -2.38. The van der Waals surface area contributed by atoms with Gasteiger partial charge in [0.1, 0.15) is 5.75 Å². The maximum atomic E-state index is 11.8. The van der Waals surface area contributed by atoms with Crippen molar-refractivity contribution in [3.8, 4) is 5.75 Å². The number of carbonyl (C=O) groups is 1. The first-order valence-electron chi connectivity index (χ1n) is 8.54. The van der Waals surface area contributed by atoms with Crippen molar-refractivity contribution < 1.29 is 14.3 Å². The van der Waals surface area contributed by atoms with Crippen LogP contribution in [-0.2, 0) is 9.53 Å². The van der Waals surface area contributed by atoms with Gasteiger partial charge in [-0.1, -0.05) is 38.3 Å². The molecule has 1 aliphatic rings. The van der Waals surface area contributed by atoms with E-state index in [-0.39, 0.29) is 11.5 Å². The molecule has 0 heterocycles. The molecule has 0 aromatic heterocycles. The molecule has 0 aliphatic heterocycles. The third kappa shape index (κ3) is 4.96. The monoisotopic (exact) mass is 319 g/mol. The summed E-state index contributed by atoms with van der Waals surface area (Å²) in [6.07, 6.45) is 6.20. The van der Waals surface area contributed by atoms with Crippen molar-refractivity contribution in [3.63, 3.8) is 0 Å². The van der Waals surface area contributed by atoms with Crippen LogP contribution in [-0.4, -0.2) is 32.3 Å². The van der Waals surface area contributed by atoms with Gasteiger partial charge in [0.2, 0.25) is 0 Å². The lowest BCUT2D eigenvalue weighted by atomic mass is 9.79. The molecule has 1 aromatic carbocycles. The fraction of sp³-hybridized carbons (Fsp3) is 0.632. The van der Waals surface area contributed by atoms with E-state index in [0.717, 1.165) is 25.1 Å². The molecule has 0 spiro atoms. The Morgan fingerprint density at radius 3 is 2.39 bits per heavy atom. The van der Waals surface area contributed by atoms with E-state index >= 15 is 0 Å². The minimum atomic E-state index is -0.114. The largest absolute Gasteiger partial charge is 0.497 e. The molecule has 0 radical (unpaired) electrons. The highest BCUT2D eigenvalue weighted by Crippen LogP contribution is 2.32. The van der Waals surface area contributed by atoms with E-state index < -0.39 is 0 Å². The summed E-state index contributed by atoms with van der Waals surface area (Å²) in [5, 5.41) is 3.70. The Hall–Kier alpha value is -1.55. The highest BCUT2D eigenvalue weighted by Gasteiger charge is 2.34. The van der Waals surface area contributed by atoms with Crippen LogP contribution in [0.15, 0.2) is 24.3 Å². The first-order chi connectivity index (χ1) is 11.1. The Morgan fingerprint density at radius 2 is 1.83 bits per heavy atom. The zero-order chi connectivity index (χ0) is 16.7. The van der Waals surface area contributed by atoms with Gasteiger partial charge >= 0.3 is 5.97 Å². The molecule has 1 aromatic rings. The number of methoxy groups -OCH3 is 2. The van der Waals surface area contributed by atoms with Crippen LogP contribution in [0.5, 0.6) is 5.75 Å². The second-order valence-corrected chi connectivity index (χ2v) is 6.65. The second-order valence-electron chi connectivity index (χ2n) is 6.65. The molecule has 0 saturated heterocycles. The molecule has 128 valence electrons. The summed E-state index contributed by atoms with van der Waals surface area (Å²) in [7, 11) is 3.15. The van der Waals surface area contributed by atoms with Crippen LogP contribution in [0.25, 0.3) is 0 Å². The lowest BCUT2D eigenvalue weighted by molar-refractivity contribution is -0.142. The van der Waals surface area contributed by atoms with Gasteiger partial charge in [0, 0.05) is 12.1 Å². The van der Waals surface area contributed by atoms with Gasteiger partial charge in [-0.2, -0.15) is 0 Å². The first kappa shape index (κ1) is 17.8. The minimum Gasteiger partial charge on any atom is -0.497 e. The Bertz CT molecular complexity index is 492. The molecular formula is C19H29NO3. The van der Waals surface area contributed by atoms with Gasteiger partial charge < -0.3 is 14.8 Å². The molecular weight excluding hydrogens is 290 g/mol. The lowest BCUT2D eigenvalue weighted by Crippen LogP contribution is -2.49. The Morgan fingerprint density at radius 1 is 1.17 bits per heavy atom. The summed E-state index contributed by atoms with van der Waals surface area (Å²) >= 11 is 0. The third-order valence-corrected chi connectivity index (χ3v) is 4.99. The summed E-state index contributed by atoms with van der Waals surface area (Å²) in [5.41, 5.74) is 1.19. The van der Waals surface area contributed by atoms with Crippen LogP contribution in [0, 0.1) is 0 Å². The quantitative estimate of drug-likeness (QED) is 0.779. The number of ether oxygens (including phenoxy) is 2. The SMILES string of the molecule is COC(=O)CC1(NCC(C)c2ccc(OC)cc2)CCCCC1. The van der Waals surface area contributed by atoms with E-state index in [1.165, 1.54) is 31.9 Å². The molecule has 1 aliphatic carbocycles. The Labute approximate surface area is 139 Å². The van der Waals surface area contributed by atoms with E-state index in [9.17, 15) is 4.79 Å². The van der Waals surface area contributed by atoms with Crippen LogP contribution in [0.3, 0.4) is 0 Å². The van der Waals surface area contributed by atoms with Crippen molar-refractivity contribution in [1.82, 2.24) is 5.32 Å². The van der Waals surface area contributed by atoms with E-state index in [4.69, 9.17) is 9.47 Å². The molecule has 0 bridgehead atoms. The fourth-order valence-corrected chi connectivity index (χ4v) is 3.41. The van der Waals surface area contributed by atoms with Gasteiger partial charge in [0.15, 0.2) is 0 Å². The van der Waals surface area contributed by atoms with Crippen LogP contribution >= 0.6 is 0 Å². The predicted molar refractivity (Wildman–Crippen MR) is 91.9 cm³/mol. The van der Waals surface area contributed by atoms with E-state index in [2.05, 4.69) is 24.4 Å². The minimum absolute atomic E-state index is 0.0912. The van der Waals surface area contributed by atoms with Gasteiger partial charge in [-0.05, 0) is 36.5 Å². The van der Waals surface area contributed by atoms with Crippen molar-refractivity contribution in [3.05, 3.63) is 29.8 Å². The maximum absolute atomic E-state index is 11.8. The average Bonchev–Trinajstić information content (AvgIpc) is 2.60. The van der Waals surface area contributed by atoms with Crippen LogP contribution < -0.4 is 10.1 Å². The van der Waals surface area contributed by atoms with E-state index in [0.29, 0.717) is 12.3 Å². The number of nitrogens with one attached hydrogen (secondary N) is 1. The van der Waals surface area contributed by atoms with Crippen molar-refractivity contribution >= 4 is 5.97 Å². The van der Waals surface area contributed by atoms with Crippen molar-refractivity contribution in [2.75, 3.05) is 20.8 Å². The van der Waals surface area contributed by atoms with Gasteiger partial charge in [0.25, 0.3) is 0 Å². The fourth-order valence-electron chi connectivity index (χ4n) is 3.41. The van der Waals surface area contributed by atoms with Crippen molar-refractivity contribution in [2.24, 2.45) is 0 Å². The predicted octanol–water partition coefficient (Wildman–Crippen LogP) is 3.65. The number of benzene rings is 1. The van der Waals surface area contributed by atoms with Gasteiger partial charge in [-0.15, -0.1) is 0 Å². The van der Waals surface area contributed by atoms with Gasteiger partial charge in [-0.3, -0.25) is 4.79 Å². The topological polar surface area (TPSA) is 47.6 Å². The normalized spacial score (nSPS) is 18.2. The standard InChI is InChI=1S/C19H29NO3/c1-15(16-7-9-17(22-2)10-8-16)14-20-19(13-18(21)23-3)11-5-4-6-12-19/h7-10,15,20H,4-6,11-14H2,1-3H3. The van der Waals surface area contributed by atoms with E-state index in [1.807, 2.05) is 12.1 Å². The molecule has 1 atom stereocenters. The maximum Gasteiger partial charge on any atom is 0.307 e. The highest BCUT2D eigenvalue weighted by atomic mass is 16.5. The van der Waals surface area contributed by atoms with E-state index in [1.54, 1.807) is 7.11 Å². The number of hydrogen-bond acceptors (Lipinski definition) is 4. The molecule has 4 heteroatoms. The Balaban J connectivity index is 1.97. The summed E-state index contributed by atoms with van der Waals surface area (Å²) in [5.74, 6) is 1.15. The molecule has 1 fully saturated rings. The number of esters is 1. The molecule has 23 heavy (non-hydrogen) atoms. The molecule has 2 rings (SSSR count). The number of hydrogen-bond donors (Lipinski definition) is 1. The molecule has 1 saturated carbocycles. The summed E-state index contributed by atoms with van der Waals surface area (Å²) in [6, 6.07) is 8.21. The van der Waals surface area contributed by atoms with Gasteiger partial charge in [0.05, 0.1) is 20.6 Å². The molecule has 0 amide bonds. The number of rotatable bonds is 7. The van der Waals surface area contributed by atoms with Crippen molar-refractivity contribution in [1.29, 1.82) is 0 Å². The molecule has 4 nitrogen and oxygen atoms in total. The third-order valence-electron chi connectivity index (χ3n) is 4.99.